The van der Waals surface area contributed by atoms with Gasteiger partial charge in [-0.15, -0.1) is 30.6 Å². The van der Waals surface area contributed by atoms with E-state index in [1.807, 2.05) is 23.5 Å². The number of benzene rings is 2. The average Bonchev–Trinajstić information content (AvgIpc) is 1.65. The molecule has 7 fully saturated rings. The van der Waals surface area contributed by atoms with Gasteiger partial charge in [-0.1, -0.05) is 12.8 Å². The summed E-state index contributed by atoms with van der Waals surface area (Å²) in [6.07, 6.45) is 32.8. The largest absolute Gasteiger partial charge is 0.741 e. The Morgan fingerprint density at radius 2 is 0.825 bits per heavy atom. The maximum atomic E-state index is 13.1. The van der Waals surface area contributed by atoms with Crippen LogP contribution in [0, 0.1) is 0 Å². The molecule has 50 heteroatoms. The number of likely N-dealkylation sites (tertiary alicyclic amines) is 2. The molecule has 0 amide bonds. The number of morpholine rings is 3. The van der Waals surface area contributed by atoms with Crippen LogP contribution in [0.4, 0.5) is 26.3 Å². The molecular formula is C70H95F6N17O19S8. The first-order chi connectivity index (χ1) is 56.8. The first-order valence-corrected chi connectivity index (χ1v) is 48.4. The van der Waals surface area contributed by atoms with E-state index in [9.17, 15) is 60.0 Å². The fourth-order valence-electron chi connectivity index (χ4n) is 13.7. The number of fused-ring (bicyclic) bond motifs is 2. The SMILES string of the molecule is C[n+]1ccn(S(=O)(=O)N2CCOCC2)c1.C[n+]1ccn(S(=O)(=O)n2ccnc2)c1.O=S(=O)(N1CCOCC1)N1CCc2nc(-c3ccc(OC4CC(N5CCCCC5)C4)cc3)sc2C1.O=S(=O)(N1CCOCC1)n1ccnc1.O=S(=O)([O-])C(F)(F)F.O=S(=O)([O-])C(F)(F)F.c1cc(-c2nc3c(s2)CNCC3)ccc1OC1CC(N2CCCCC2)C1. The van der Waals surface area contributed by atoms with E-state index in [1.165, 1.54) is 169 Å². The lowest BCUT2D eigenvalue weighted by Crippen LogP contribution is -2.50. The fraction of sp³-hybridized carbons (Fsp3) is 0.571. The van der Waals surface area contributed by atoms with Gasteiger partial charge in [0.05, 0.1) is 71.7 Å². The molecule has 2 aromatic carbocycles. The quantitative estimate of drug-likeness (QED) is 0.0610. The number of nitrogens with zero attached hydrogens (tertiary/aromatic N) is 16. The number of piperidine rings is 2. The normalized spacial score (nSPS) is 21.4. The summed E-state index contributed by atoms with van der Waals surface area (Å²) >= 11 is 3.42. The molecule has 2 aliphatic carbocycles. The van der Waals surface area contributed by atoms with Crippen LogP contribution in [0.5, 0.6) is 11.5 Å². The number of halogens is 6. The van der Waals surface area contributed by atoms with Crippen molar-refractivity contribution in [2.75, 3.05) is 118 Å². The van der Waals surface area contributed by atoms with Crippen LogP contribution in [0.2, 0.25) is 0 Å². The van der Waals surface area contributed by atoms with Crippen molar-refractivity contribution in [3.63, 3.8) is 0 Å². The van der Waals surface area contributed by atoms with Crippen LogP contribution in [0.3, 0.4) is 0 Å². The number of hydrogen-bond donors (Lipinski definition) is 1. The van der Waals surface area contributed by atoms with E-state index >= 15 is 0 Å². The van der Waals surface area contributed by atoms with Gasteiger partial charge in [0, 0.05) is 155 Å². The third-order valence-corrected chi connectivity index (χ3v) is 30.8. The van der Waals surface area contributed by atoms with Crippen molar-refractivity contribution in [2.24, 2.45) is 14.1 Å². The van der Waals surface area contributed by atoms with Gasteiger partial charge in [-0.2, -0.15) is 81.2 Å². The number of aryl methyl sites for hydroxylation is 2. The van der Waals surface area contributed by atoms with Gasteiger partial charge in [-0.25, -0.2) is 49.9 Å². The van der Waals surface area contributed by atoms with E-state index in [0.29, 0.717) is 117 Å². The van der Waals surface area contributed by atoms with Crippen LogP contribution in [-0.4, -0.2) is 276 Å². The van der Waals surface area contributed by atoms with Crippen LogP contribution >= 0.6 is 22.7 Å². The molecule has 9 aliphatic rings. The van der Waals surface area contributed by atoms with Crippen molar-refractivity contribution in [1.82, 2.24) is 68.2 Å². The molecular weight excluding hydrogens is 1750 g/mol. The zero-order valence-corrected chi connectivity index (χ0v) is 72.0. The summed E-state index contributed by atoms with van der Waals surface area (Å²) in [7, 11) is -22.4. The molecule has 0 atom stereocenters. The Hall–Kier alpha value is -7.06. The average molecular weight is 1850 g/mol. The molecule has 8 aromatic rings. The Balaban J connectivity index is 0.000000146. The Labute approximate surface area is 701 Å². The third-order valence-electron chi connectivity index (χ3n) is 20.4. The number of alkyl halides is 6. The molecule has 5 saturated heterocycles. The zero-order valence-electron chi connectivity index (χ0n) is 65.4. The summed E-state index contributed by atoms with van der Waals surface area (Å²) in [5.41, 5.74) is -6.73. The van der Waals surface area contributed by atoms with Crippen molar-refractivity contribution in [3.8, 4) is 32.6 Å². The Morgan fingerprint density at radius 3 is 1.19 bits per heavy atom. The minimum Gasteiger partial charge on any atom is -0.741 e. The second kappa shape index (κ2) is 41.2. The molecule has 0 radical (unpaired) electrons. The number of nitrogens with one attached hydrogen (secondary N) is 1. The number of aromatic nitrogens is 10. The number of hydrogen-bond acceptors (Lipinski definition) is 28. The number of thiazole rings is 2. The van der Waals surface area contributed by atoms with Crippen molar-refractivity contribution < 1.29 is 119 Å². The van der Waals surface area contributed by atoms with E-state index < -0.39 is 72.1 Å². The minimum atomic E-state index is -6.09. The first kappa shape index (κ1) is 93.6. The lowest BCUT2D eigenvalue weighted by Gasteiger charge is -2.44. The molecule has 120 heavy (non-hydrogen) atoms. The number of imidazole rings is 4. The predicted octanol–water partition coefficient (Wildman–Crippen LogP) is 4.29. The van der Waals surface area contributed by atoms with E-state index in [1.54, 1.807) is 55.6 Å². The molecule has 2 saturated carbocycles. The summed E-state index contributed by atoms with van der Waals surface area (Å²) in [6.45, 7) is 13.2. The maximum Gasteiger partial charge on any atom is 0.485 e. The van der Waals surface area contributed by atoms with E-state index in [0.717, 1.165) is 88.0 Å². The molecule has 0 spiro atoms. The molecule has 0 bridgehead atoms. The number of rotatable bonds is 16. The monoisotopic (exact) mass is 1850 g/mol. The van der Waals surface area contributed by atoms with Crippen molar-refractivity contribution in [3.05, 3.63) is 145 Å². The van der Waals surface area contributed by atoms with Gasteiger partial charge in [0.2, 0.25) is 0 Å². The van der Waals surface area contributed by atoms with Gasteiger partial charge in [0.15, 0.2) is 20.2 Å². The Kier molecular flexibility index (Phi) is 32.1. The second-order valence-electron chi connectivity index (χ2n) is 28.7. The highest BCUT2D eigenvalue weighted by molar-refractivity contribution is 7.88. The summed E-state index contributed by atoms with van der Waals surface area (Å²) in [5.74, 6) is 1.92. The highest BCUT2D eigenvalue weighted by Crippen LogP contribution is 2.38. The lowest BCUT2D eigenvalue weighted by atomic mass is 9.86. The standard InChI is InChI=1S/C25H34N4O4S2.C21H27N3OS.C8H14N3O3S.C7H9N4O2S.C7H11N3O3S.2CHF3O3S/c30-35(31,28-12-14-32-15-13-28)29-11-8-23-24(18-29)34-25(26-23)19-4-6-21(7-5-19)33-22-16-20(17-22)27-9-2-1-3-10-27;1-2-10-24(11-3-1)16-12-18(13-16)25-17-6-4-15(5-7-17)21-23-19-8-9-22-14-20(19)26-21;1-9-2-3-11(8-9)15(12,13)10-4-6-14-7-5-10;1-9-4-5-11(7-9)14(12,13)10-3-2-8-6-10;11-14(12,10-2-1-8-7-10)9-3-5-13-6-4-9;2*2-1(3,4)8(5,6)7/h4-7,20,22H,1-3,8-18H2;4-7,16,18,22H,1-3,8-14H2;2-3,8H,4-7H2,1H3;2-7H,1H3;1-2,7H,3-6H2;2*(H,5,6,7)/q;;2*+1;;;/p-2. The lowest BCUT2D eigenvalue weighted by molar-refractivity contribution is -0.670. The molecule has 0 unspecified atom stereocenters. The molecule has 36 nitrogen and oxygen atoms in total. The molecule has 664 valence electrons. The van der Waals surface area contributed by atoms with Crippen LogP contribution in [0.25, 0.3) is 21.1 Å². The molecule has 7 aliphatic heterocycles. The zero-order chi connectivity index (χ0) is 86.3. The molecule has 6 aromatic heterocycles. The van der Waals surface area contributed by atoms with Gasteiger partial charge >= 0.3 is 41.6 Å². The molecule has 13 heterocycles. The van der Waals surface area contributed by atoms with Gasteiger partial charge in [0.25, 0.3) is 22.9 Å². The van der Waals surface area contributed by atoms with E-state index in [-0.39, 0.29) is 0 Å². The summed E-state index contributed by atoms with van der Waals surface area (Å²) in [5, 5.41) is 5.51. The first-order valence-electron chi connectivity index (χ1n) is 38.4. The van der Waals surface area contributed by atoms with E-state index in [2.05, 4.69) is 61.5 Å². The summed E-state index contributed by atoms with van der Waals surface area (Å²) < 4.78 is 257. The van der Waals surface area contributed by atoms with Crippen molar-refractivity contribution >= 4 is 83.7 Å². The Morgan fingerprint density at radius 1 is 0.458 bits per heavy atom. The fourth-order valence-corrected chi connectivity index (χ4v) is 21.2. The molecule has 1 N–H and O–H groups in total. The van der Waals surface area contributed by atoms with Crippen molar-refractivity contribution in [1.29, 1.82) is 0 Å². The highest BCUT2D eigenvalue weighted by Gasteiger charge is 2.41. The molecule has 17 rings (SSSR count). The van der Waals surface area contributed by atoms with Crippen LogP contribution in [0.15, 0.2) is 123 Å². The topological polar surface area (TPSA) is 408 Å². The summed E-state index contributed by atoms with van der Waals surface area (Å²) in [4.78, 5) is 24.8. The highest BCUT2D eigenvalue weighted by atomic mass is 32.2. The van der Waals surface area contributed by atoms with Crippen molar-refractivity contribution in [2.45, 2.75) is 125 Å². The second-order valence-corrected chi connectivity index (χ2v) is 41.0. The van der Waals surface area contributed by atoms with Gasteiger partial charge in [-0.05, 0) is 100 Å². The van der Waals surface area contributed by atoms with Gasteiger partial charge in [0.1, 0.15) is 71.2 Å². The Bertz CT molecular complexity index is 5240. The van der Waals surface area contributed by atoms with Gasteiger partial charge in [-0.3, -0.25) is 0 Å². The van der Waals surface area contributed by atoms with Crippen LogP contribution in [-0.2, 0) is 115 Å². The summed E-state index contributed by atoms with van der Waals surface area (Å²) in [6, 6.07) is 18.2. The minimum absolute atomic E-state index is 0.319. The van der Waals surface area contributed by atoms with E-state index in [4.69, 9.17) is 59.6 Å². The van der Waals surface area contributed by atoms with Crippen LogP contribution in [0.1, 0.15) is 85.4 Å². The van der Waals surface area contributed by atoms with Crippen LogP contribution < -0.4 is 23.9 Å². The maximum absolute atomic E-state index is 13.1. The third kappa shape index (κ3) is 25.1. The predicted molar refractivity (Wildman–Crippen MR) is 422 cm³/mol. The smallest absolute Gasteiger partial charge is 0.485 e. The number of ether oxygens (including phenoxy) is 5. The van der Waals surface area contributed by atoms with Gasteiger partial charge < -0.3 is 47.9 Å².